The van der Waals surface area contributed by atoms with E-state index < -0.39 is 42.5 Å². The predicted octanol–water partition coefficient (Wildman–Crippen LogP) is 3.01. The van der Waals surface area contributed by atoms with Crippen molar-refractivity contribution in [2.45, 2.75) is 24.6 Å². The number of carbonyl (C=O) groups is 3. The molecule has 1 saturated heterocycles. The summed E-state index contributed by atoms with van der Waals surface area (Å²) >= 11 is 0. The molecule has 34 heavy (non-hydrogen) atoms. The van der Waals surface area contributed by atoms with Crippen LogP contribution in [0.25, 0.3) is 0 Å². The third kappa shape index (κ3) is 5.48. The minimum atomic E-state index is -1.60. The van der Waals surface area contributed by atoms with E-state index in [0.29, 0.717) is 5.56 Å². The van der Waals surface area contributed by atoms with Crippen LogP contribution in [0, 0.1) is 0 Å². The number of hydrogen-bond acceptors (Lipinski definition) is 8. The second-order valence-electron chi connectivity index (χ2n) is 7.50. The van der Waals surface area contributed by atoms with Gasteiger partial charge >= 0.3 is 17.9 Å². The summed E-state index contributed by atoms with van der Waals surface area (Å²) in [6.45, 7) is -0.336. The van der Waals surface area contributed by atoms with E-state index in [2.05, 4.69) is 0 Å². The van der Waals surface area contributed by atoms with Gasteiger partial charge in [0.15, 0.2) is 18.5 Å². The summed E-state index contributed by atoms with van der Waals surface area (Å²) in [6.07, 6.45) is -5.22. The molecule has 3 aromatic carbocycles. The van der Waals surface area contributed by atoms with E-state index in [9.17, 15) is 19.5 Å². The zero-order valence-electron chi connectivity index (χ0n) is 18.0. The molecule has 1 aliphatic heterocycles. The van der Waals surface area contributed by atoms with Gasteiger partial charge in [0.25, 0.3) is 0 Å². The molecule has 4 rings (SSSR count). The van der Waals surface area contributed by atoms with Crippen molar-refractivity contribution in [2.24, 2.45) is 0 Å². The lowest BCUT2D eigenvalue weighted by atomic mass is 10.1. The van der Waals surface area contributed by atoms with Gasteiger partial charge in [-0.15, -0.1) is 0 Å². The highest BCUT2D eigenvalue weighted by atomic mass is 16.7. The van der Waals surface area contributed by atoms with E-state index in [4.69, 9.17) is 18.9 Å². The van der Waals surface area contributed by atoms with Crippen LogP contribution < -0.4 is 0 Å². The highest BCUT2D eigenvalue weighted by Crippen LogP contribution is 2.28. The molecule has 0 radical (unpaired) electrons. The van der Waals surface area contributed by atoms with Gasteiger partial charge < -0.3 is 24.1 Å². The first-order valence-electron chi connectivity index (χ1n) is 10.6. The zero-order chi connectivity index (χ0) is 23.9. The fourth-order valence-corrected chi connectivity index (χ4v) is 3.46. The van der Waals surface area contributed by atoms with Gasteiger partial charge in [-0.25, -0.2) is 14.4 Å². The third-order valence-electron chi connectivity index (χ3n) is 5.18. The summed E-state index contributed by atoms with van der Waals surface area (Å²) in [5, 5.41) is 10.5. The first-order chi connectivity index (χ1) is 16.5. The molecule has 1 aliphatic rings. The minimum absolute atomic E-state index is 0.252. The van der Waals surface area contributed by atoms with Gasteiger partial charge in [0.1, 0.15) is 12.7 Å². The lowest BCUT2D eigenvalue weighted by molar-refractivity contribution is -0.135. The quantitative estimate of drug-likeness (QED) is 0.422. The van der Waals surface area contributed by atoms with Crippen LogP contribution >= 0.6 is 0 Å². The van der Waals surface area contributed by atoms with Crippen molar-refractivity contribution in [3.8, 4) is 0 Å². The molecule has 4 atom stereocenters. The highest BCUT2D eigenvalue weighted by molar-refractivity contribution is 5.90. The third-order valence-corrected chi connectivity index (χ3v) is 5.18. The predicted molar refractivity (Wildman–Crippen MR) is 119 cm³/mol. The number of esters is 3. The smallest absolute Gasteiger partial charge is 0.338 e. The Morgan fingerprint density at radius 2 is 1.06 bits per heavy atom. The normalized spacial score (nSPS) is 21.4. The molecule has 8 heteroatoms. The molecule has 0 spiro atoms. The van der Waals surface area contributed by atoms with E-state index >= 15 is 0 Å². The molecule has 3 aromatic rings. The molecule has 1 heterocycles. The Kier molecular flexibility index (Phi) is 7.31. The van der Waals surface area contributed by atoms with Gasteiger partial charge in [-0.2, -0.15) is 0 Å². The van der Waals surface area contributed by atoms with E-state index in [0.717, 1.165) is 0 Å². The van der Waals surface area contributed by atoms with E-state index in [1.807, 2.05) is 0 Å². The van der Waals surface area contributed by atoms with Crippen LogP contribution in [-0.2, 0) is 18.9 Å². The number of hydrogen-bond donors (Lipinski definition) is 1. The molecular formula is C26H22O8. The molecule has 0 saturated carbocycles. The summed E-state index contributed by atoms with van der Waals surface area (Å²) in [7, 11) is 0. The monoisotopic (exact) mass is 462 g/mol. The Labute approximate surface area is 195 Å². The summed E-state index contributed by atoms with van der Waals surface area (Å²) in [4.78, 5) is 37.6. The summed E-state index contributed by atoms with van der Waals surface area (Å²) < 4.78 is 21.8. The maximum atomic E-state index is 12.7. The summed E-state index contributed by atoms with van der Waals surface area (Å²) in [5.74, 6) is -2.05. The Bertz CT molecular complexity index is 1120. The van der Waals surface area contributed by atoms with Crippen LogP contribution in [0.2, 0.25) is 0 Å². The van der Waals surface area contributed by atoms with Crippen molar-refractivity contribution < 1.29 is 38.4 Å². The molecule has 0 aliphatic carbocycles. The van der Waals surface area contributed by atoms with Crippen molar-refractivity contribution in [1.82, 2.24) is 0 Å². The number of rotatable bonds is 7. The van der Waals surface area contributed by atoms with Crippen molar-refractivity contribution in [2.75, 3.05) is 6.61 Å². The highest BCUT2D eigenvalue weighted by Gasteiger charge is 2.50. The Morgan fingerprint density at radius 1 is 0.647 bits per heavy atom. The fourth-order valence-electron chi connectivity index (χ4n) is 3.46. The maximum Gasteiger partial charge on any atom is 0.338 e. The Morgan fingerprint density at radius 3 is 1.53 bits per heavy atom. The van der Waals surface area contributed by atoms with Crippen molar-refractivity contribution in [3.63, 3.8) is 0 Å². The Balaban J connectivity index is 1.51. The van der Waals surface area contributed by atoms with Gasteiger partial charge in [0.05, 0.1) is 16.7 Å². The SMILES string of the molecule is O=C(OC[C@@H]1O[C@@H](O)[C@H](OC(=O)c2ccccc2)[C@H]1OC(=O)c1ccccc1)c1ccccc1. The molecule has 0 unspecified atom stereocenters. The van der Waals surface area contributed by atoms with Crippen LogP contribution in [-0.4, -0.2) is 54.2 Å². The average molecular weight is 462 g/mol. The first-order valence-corrected chi connectivity index (χ1v) is 10.6. The maximum absolute atomic E-state index is 12.7. The molecule has 0 bridgehead atoms. The summed E-state index contributed by atoms with van der Waals surface area (Å²) in [5.41, 5.74) is 0.838. The second-order valence-corrected chi connectivity index (χ2v) is 7.50. The molecule has 0 amide bonds. The number of ether oxygens (including phenoxy) is 4. The number of aliphatic hydroxyl groups excluding tert-OH is 1. The van der Waals surface area contributed by atoms with Gasteiger partial charge in [0.2, 0.25) is 0 Å². The molecular weight excluding hydrogens is 440 g/mol. The van der Waals surface area contributed by atoms with Gasteiger partial charge in [0, 0.05) is 0 Å². The molecule has 0 aromatic heterocycles. The van der Waals surface area contributed by atoms with Gasteiger partial charge in [-0.3, -0.25) is 0 Å². The van der Waals surface area contributed by atoms with Crippen LogP contribution in [0.15, 0.2) is 91.0 Å². The number of aliphatic hydroxyl groups is 1. The largest absolute Gasteiger partial charge is 0.459 e. The van der Waals surface area contributed by atoms with Crippen molar-refractivity contribution in [3.05, 3.63) is 108 Å². The van der Waals surface area contributed by atoms with Crippen molar-refractivity contribution in [1.29, 1.82) is 0 Å². The molecule has 1 N–H and O–H groups in total. The molecule has 1 fully saturated rings. The zero-order valence-corrected chi connectivity index (χ0v) is 18.0. The molecule has 8 nitrogen and oxygen atoms in total. The van der Waals surface area contributed by atoms with Gasteiger partial charge in [-0.05, 0) is 36.4 Å². The van der Waals surface area contributed by atoms with Crippen LogP contribution in [0.1, 0.15) is 31.1 Å². The number of carbonyl (C=O) groups excluding carboxylic acids is 3. The second kappa shape index (κ2) is 10.7. The van der Waals surface area contributed by atoms with E-state index in [-0.39, 0.29) is 17.7 Å². The summed E-state index contributed by atoms with van der Waals surface area (Å²) in [6, 6.07) is 24.7. The molecule has 174 valence electrons. The Hall–Kier alpha value is -4.01. The van der Waals surface area contributed by atoms with E-state index in [1.54, 1.807) is 91.0 Å². The van der Waals surface area contributed by atoms with Crippen LogP contribution in [0.3, 0.4) is 0 Å². The van der Waals surface area contributed by atoms with Crippen LogP contribution in [0.4, 0.5) is 0 Å². The minimum Gasteiger partial charge on any atom is -0.459 e. The number of benzene rings is 3. The average Bonchev–Trinajstić information content (AvgIpc) is 3.17. The van der Waals surface area contributed by atoms with E-state index in [1.165, 1.54) is 0 Å². The van der Waals surface area contributed by atoms with Crippen molar-refractivity contribution >= 4 is 17.9 Å². The standard InChI is InChI=1S/C26H22O8/c27-23(17-10-4-1-5-11-17)31-16-20-21(33-24(28)18-12-6-2-7-13-18)22(26(30)32-20)34-25(29)19-14-8-3-9-15-19/h1-15,20-22,26,30H,16H2/t20-,21-,22+,26+/m0/s1. The first kappa shape index (κ1) is 23.2. The van der Waals surface area contributed by atoms with Gasteiger partial charge in [-0.1, -0.05) is 54.6 Å². The fraction of sp³-hybridized carbons (Fsp3) is 0.192. The lowest BCUT2D eigenvalue weighted by Gasteiger charge is -2.23. The van der Waals surface area contributed by atoms with Crippen LogP contribution in [0.5, 0.6) is 0 Å². The lowest BCUT2D eigenvalue weighted by Crippen LogP contribution is -2.42. The topological polar surface area (TPSA) is 108 Å².